The van der Waals surface area contributed by atoms with E-state index in [1.807, 2.05) is 0 Å². The van der Waals surface area contributed by atoms with Crippen molar-refractivity contribution >= 4 is 0 Å². The molecule has 0 radical (unpaired) electrons. The quantitative estimate of drug-likeness (QED) is 0.465. The number of fused-ring (bicyclic) bond motifs is 2. The monoisotopic (exact) mass is 124 g/mol. The van der Waals surface area contributed by atoms with Crippen LogP contribution in [0.2, 0.25) is 0 Å². The van der Waals surface area contributed by atoms with Gasteiger partial charge in [0.2, 0.25) is 0 Å². The molecule has 0 aromatic rings. The van der Waals surface area contributed by atoms with Crippen LogP contribution in [0.15, 0.2) is 0 Å². The lowest BCUT2D eigenvalue weighted by Gasteiger charge is -2.28. The Morgan fingerprint density at radius 2 is 2.11 bits per heavy atom. The standard InChI is InChI=1S/C9H16/c1-9-5-2-3-8(7-9)4-6-9/h8H,2-7H2,1H3. The number of hydrogen-bond donors (Lipinski definition) is 0. The van der Waals surface area contributed by atoms with E-state index in [9.17, 15) is 0 Å². The van der Waals surface area contributed by atoms with Crippen molar-refractivity contribution in [1.29, 1.82) is 0 Å². The molecular weight excluding hydrogens is 108 g/mol. The van der Waals surface area contributed by atoms with Gasteiger partial charge in [0, 0.05) is 0 Å². The summed E-state index contributed by atoms with van der Waals surface area (Å²) in [6, 6.07) is 0. The third kappa shape index (κ3) is 0.889. The molecule has 0 aromatic carbocycles. The first-order chi connectivity index (χ1) is 4.29. The molecule has 0 heteroatoms. The molecule has 0 amide bonds. The molecule has 0 saturated heterocycles. The summed E-state index contributed by atoms with van der Waals surface area (Å²) in [4.78, 5) is 0. The zero-order chi connectivity index (χ0) is 6.32. The Hall–Kier alpha value is 0. The highest BCUT2D eigenvalue weighted by molar-refractivity contribution is 4.89. The third-order valence-electron chi connectivity index (χ3n) is 3.33. The second-order valence-corrected chi connectivity index (χ2v) is 4.31. The summed E-state index contributed by atoms with van der Waals surface area (Å²) in [5.74, 6) is 1.13. The van der Waals surface area contributed by atoms with E-state index >= 15 is 0 Å². The van der Waals surface area contributed by atoms with Crippen molar-refractivity contribution in [2.75, 3.05) is 0 Å². The van der Waals surface area contributed by atoms with Crippen LogP contribution in [0.5, 0.6) is 0 Å². The van der Waals surface area contributed by atoms with Crippen LogP contribution in [0.1, 0.15) is 45.4 Å². The first-order valence-electron chi connectivity index (χ1n) is 4.29. The molecule has 0 spiro atoms. The van der Waals surface area contributed by atoms with E-state index in [4.69, 9.17) is 0 Å². The molecule has 0 aliphatic heterocycles. The lowest BCUT2D eigenvalue weighted by molar-refractivity contribution is 0.238. The molecule has 52 valence electrons. The molecule has 9 heavy (non-hydrogen) atoms. The van der Waals surface area contributed by atoms with Gasteiger partial charge < -0.3 is 0 Å². The lowest BCUT2D eigenvalue weighted by Crippen LogP contribution is -2.15. The van der Waals surface area contributed by atoms with Gasteiger partial charge in [-0.2, -0.15) is 0 Å². The molecular formula is C9H16. The summed E-state index contributed by atoms with van der Waals surface area (Å²) < 4.78 is 0. The molecule has 2 bridgehead atoms. The van der Waals surface area contributed by atoms with Crippen LogP contribution in [0.25, 0.3) is 0 Å². The minimum Gasteiger partial charge on any atom is -0.0596 e. The fourth-order valence-electron chi connectivity index (χ4n) is 2.74. The van der Waals surface area contributed by atoms with Crippen molar-refractivity contribution in [2.24, 2.45) is 11.3 Å². The van der Waals surface area contributed by atoms with Gasteiger partial charge in [-0.15, -0.1) is 0 Å². The Balaban J connectivity index is 2.13. The van der Waals surface area contributed by atoms with E-state index in [1.54, 1.807) is 6.42 Å². The highest BCUT2D eigenvalue weighted by Crippen LogP contribution is 2.50. The summed E-state index contributed by atoms with van der Waals surface area (Å²) in [6.45, 7) is 2.48. The average molecular weight is 124 g/mol. The zero-order valence-corrected chi connectivity index (χ0v) is 6.32. The minimum atomic E-state index is 0.795. The first kappa shape index (κ1) is 5.76. The molecule has 2 unspecified atom stereocenters. The molecule has 2 rings (SSSR count). The van der Waals surface area contributed by atoms with Crippen LogP contribution in [0, 0.1) is 11.3 Å². The van der Waals surface area contributed by atoms with Crippen LogP contribution in [0.3, 0.4) is 0 Å². The Labute approximate surface area is 57.6 Å². The highest BCUT2D eigenvalue weighted by atomic mass is 14.4. The predicted octanol–water partition coefficient (Wildman–Crippen LogP) is 2.98. The average Bonchev–Trinajstić information content (AvgIpc) is 2.07. The molecule has 0 nitrogen and oxygen atoms in total. The maximum atomic E-state index is 2.48. The van der Waals surface area contributed by atoms with E-state index in [0.717, 1.165) is 11.3 Å². The van der Waals surface area contributed by atoms with Crippen LogP contribution in [-0.4, -0.2) is 0 Å². The van der Waals surface area contributed by atoms with E-state index in [1.165, 1.54) is 32.1 Å². The van der Waals surface area contributed by atoms with Crippen molar-refractivity contribution in [2.45, 2.75) is 45.4 Å². The Morgan fingerprint density at radius 3 is 2.78 bits per heavy atom. The number of hydrogen-bond acceptors (Lipinski definition) is 0. The molecule has 0 N–H and O–H groups in total. The third-order valence-corrected chi connectivity index (χ3v) is 3.33. The molecule has 0 aromatic heterocycles. The summed E-state index contributed by atoms with van der Waals surface area (Å²) in [7, 11) is 0. The molecule has 0 heterocycles. The second-order valence-electron chi connectivity index (χ2n) is 4.31. The van der Waals surface area contributed by atoms with E-state index in [-0.39, 0.29) is 0 Å². The SMILES string of the molecule is CC12CCCC(CC1)C2. The summed E-state index contributed by atoms with van der Waals surface area (Å²) in [6.07, 6.45) is 9.18. The van der Waals surface area contributed by atoms with E-state index in [2.05, 4.69) is 6.92 Å². The molecule has 2 aliphatic rings. The Kier molecular flexibility index (Phi) is 1.12. The summed E-state index contributed by atoms with van der Waals surface area (Å²) >= 11 is 0. The summed E-state index contributed by atoms with van der Waals surface area (Å²) in [5.41, 5.74) is 0.795. The van der Waals surface area contributed by atoms with Gasteiger partial charge in [-0.05, 0) is 37.0 Å². The zero-order valence-electron chi connectivity index (χ0n) is 6.32. The largest absolute Gasteiger partial charge is 0.0596 e. The lowest BCUT2D eigenvalue weighted by atomic mass is 9.78. The van der Waals surface area contributed by atoms with Crippen LogP contribution in [-0.2, 0) is 0 Å². The van der Waals surface area contributed by atoms with Gasteiger partial charge in [-0.25, -0.2) is 0 Å². The van der Waals surface area contributed by atoms with Gasteiger partial charge in [0.05, 0.1) is 0 Å². The smallest absolute Gasteiger partial charge is 0.0323 e. The van der Waals surface area contributed by atoms with Gasteiger partial charge >= 0.3 is 0 Å². The fourth-order valence-corrected chi connectivity index (χ4v) is 2.74. The highest BCUT2D eigenvalue weighted by Gasteiger charge is 2.37. The van der Waals surface area contributed by atoms with Crippen molar-refractivity contribution in [1.82, 2.24) is 0 Å². The first-order valence-corrected chi connectivity index (χ1v) is 4.29. The molecule has 2 aliphatic carbocycles. The Bertz CT molecular complexity index is 113. The molecule has 2 saturated carbocycles. The Morgan fingerprint density at radius 1 is 1.22 bits per heavy atom. The van der Waals surface area contributed by atoms with Crippen molar-refractivity contribution in [3.8, 4) is 0 Å². The van der Waals surface area contributed by atoms with Crippen molar-refractivity contribution in [3.05, 3.63) is 0 Å². The van der Waals surface area contributed by atoms with Gasteiger partial charge in [0.25, 0.3) is 0 Å². The maximum absolute atomic E-state index is 2.48. The molecule has 2 atom stereocenters. The van der Waals surface area contributed by atoms with Crippen molar-refractivity contribution < 1.29 is 0 Å². The normalized spacial score (nSPS) is 49.7. The van der Waals surface area contributed by atoms with E-state index < -0.39 is 0 Å². The van der Waals surface area contributed by atoms with Gasteiger partial charge in [0.15, 0.2) is 0 Å². The summed E-state index contributed by atoms with van der Waals surface area (Å²) in [5, 5.41) is 0. The van der Waals surface area contributed by atoms with E-state index in [0.29, 0.717) is 0 Å². The van der Waals surface area contributed by atoms with Crippen molar-refractivity contribution in [3.63, 3.8) is 0 Å². The van der Waals surface area contributed by atoms with Crippen LogP contribution >= 0.6 is 0 Å². The fraction of sp³-hybridized carbons (Fsp3) is 1.00. The van der Waals surface area contributed by atoms with Crippen LogP contribution < -0.4 is 0 Å². The second kappa shape index (κ2) is 1.74. The van der Waals surface area contributed by atoms with Gasteiger partial charge in [-0.1, -0.05) is 19.8 Å². The molecule has 2 fully saturated rings. The van der Waals surface area contributed by atoms with Gasteiger partial charge in [0.1, 0.15) is 0 Å². The van der Waals surface area contributed by atoms with Gasteiger partial charge in [-0.3, -0.25) is 0 Å². The minimum absolute atomic E-state index is 0.795. The maximum Gasteiger partial charge on any atom is -0.0323 e. The van der Waals surface area contributed by atoms with Crippen LogP contribution in [0.4, 0.5) is 0 Å². The predicted molar refractivity (Wildman–Crippen MR) is 39.3 cm³/mol. The topological polar surface area (TPSA) is 0 Å². The number of rotatable bonds is 0.